The molecule has 1 N–H and O–H groups in total. The molecule has 1 saturated heterocycles. The molecule has 1 aromatic carbocycles. The molecular weight excluding hydrogens is 304 g/mol. The lowest BCUT2D eigenvalue weighted by atomic mass is 10.1. The van der Waals surface area contributed by atoms with Gasteiger partial charge in [0.1, 0.15) is 0 Å². The Bertz CT molecular complexity index is 560. The van der Waals surface area contributed by atoms with E-state index < -0.39 is 0 Å². The predicted octanol–water partition coefficient (Wildman–Crippen LogP) is 2.60. The van der Waals surface area contributed by atoms with E-state index in [4.69, 9.17) is 4.74 Å². The number of nitrogens with zero attached hydrogens (tertiary/aromatic N) is 1. The Morgan fingerprint density at radius 1 is 1.21 bits per heavy atom. The molecule has 1 aliphatic heterocycles. The normalized spacial score (nSPS) is 22.1. The summed E-state index contributed by atoms with van der Waals surface area (Å²) >= 11 is 0. The Kier molecular flexibility index (Phi) is 6.37. The van der Waals surface area contributed by atoms with Gasteiger partial charge in [0.25, 0.3) is 5.91 Å². The molecule has 1 heterocycles. The van der Waals surface area contributed by atoms with Crippen molar-refractivity contribution in [2.45, 2.75) is 52.9 Å². The van der Waals surface area contributed by atoms with Crippen LogP contribution >= 0.6 is 0 Å². The summed E-state index contributed by atoms with van der Waals surface area (Å²) in [7, 11) is 0. The highest BCUT2D eigenvalue weighted by Gasteiger charge is 2.26. The average Bonchev–Trinajstić information content (AvgIpc) is 2.57. The number of benzene rings is 1. The van der Waals surface area contributed by atoms with E-state index in [-0.39, 0.29) is 29.9 Å². The topological polar surface area (TPSA) is 58.6 Å². The molecule has 2 amide bonds. The molecular formula is C19H28N2O3. The van der Waals surface area contributed by atoms with E-state index in [2.05, 4.69) is 5.32 Å². The minimum absolute atomic E-state index is 0.0242. The van der Waals surface area contributed by atoms with Crippen molar-refractivity contribution < 1.29 is 14.3 Å². The van der Waals surface area contributed by atoms with Crippen LogP contribution in [0, 0.1) is 5.92 Å². The molecule has 0 aliphatic carbocycles. The Labute approximate surface area is 144 Å². The molecule has 132 valence electrons. The van der Waals surface area contributed by atoms with Gasteiger partial charge in [0.2, 0.25) is 5.91 Å². The maximum absolute atomic E-state index is 12.6. The highest BCUT2D eigenvalue weighted by atomic mass is 16.5. The summed E-state index contributed by atoms with van der Waals surface area (Å²) in [5.74, 6) is 0.122. The van der Waals surface area contributed by atoms with Crippen LogP contribution in [-0.2, 0) is 16.1 Å². The number of nitrogens with one attached hydrogen (secondary N) is 1. The molecule has 0 radical (unpaired) electrons. The average molecular weight is 332 g/mol. The zero-order valence-corrected chi connectivity index (χ0v) is 15.0. The number of ether oxygens (including phenoxy) is 1. The minimum atomic E-state index is 0.0242. The van der Waals surface area contributed by atoms with Crippen molar-refractivity contribution in [2.24, 2.45) is 5.92 Å². The van der Waals surface area contributed by atoms with E-state index in [9.17, 15) is 9.59 Å². The number of amides is 2. The van der Waals surface area contributed by atoms with Gasteiger partial charge in [0, 0.05) is 31.1 Å². The summed E-state index contributed by atoms with van der Waals surface area (Å²) in [4.78, 5) is 26.2. The van der Waals surface area contributed by atoms with Gasteiger partial charge >= 0.3 is 0 Å². The molecule has 0 bridgehead atoms. The quantitative estimate of drug-likeness (QED) is 0.902. The van der Waals surface area contributed by atoms with Gasteiger partial charge in [0.15, 0.2) is 0 Å². The molecule has 2 rings (SSSR count). The van der Waals surface area contributed by atoms with Gasteiger partial charge in [-0.1, -0.05) is 26.0 Å². The van der Waals surface area contributed by atoms with Crippen LogP contribution in [-0.4, -0.2) is 42.0 Å². The number of carbonyl (C=O) groups is 2. The van der Waals surface area contributed by atoms with Crippen LogP contribution in [0.25, 0.3) is 0 Å². The maximum atomic E-state index is 12.6. The molecule has 0 unspecified atom stereocenters. The predicted molar refractivity (Wildman–Crippen MR) is 93.7 cm³/mol. The summed E-state index contributed by atoms with van der Waals surface area (Å²) in [6.45, 7) is 9.62. The van der Waals surface area contributed by atoms with E-state index in [0.29, 0.717) is 25.2 Å². The lowest BCUT2D eigenvalue weighted by Gasteiger charge is -2.35. The fraction of sp³-hybridized carbons (Fsp3) is 0.579. The van der Waals surface area contributed by atoms with Crippen molar-refractivity contribution in [2.75, 3.05) is 13.1 Å². The largest absolute Gasteiger partial charge is 0.372 e. The summed E-state index contributed by atoms with van der Waals surface area (Å²) in [5, 5.41) is 2.92. The Morgan fingerprint density at radius 2 is 1.79 bits per heavy atom. The molecule has 24 heavy (non-hydrogen) atoms. The van der Waals surface area contributed by atoms with Gasteiger partial charge in [-0.3, -0.25) is 9.59 Å². The Hall–Kier alpha value is -1.88. The van der Waals surface area contributed by atoms with Crippen LogP contribution in [0.3, 0.4) is 0 Å². The van der Waals surface area contributed by atoms with Gasteiger partial charge < -0.3 is 15.0 Å². The Morgan fingerprint density at radius 3 is 2.33 bits per heavy atom. The molecule has 5 heteroatoms. The highest BCUT2D eigenvalue weighted by molar-refractivity contribution is 5.94. The molecule has 1 fully saturated rings. The third-order valence-electron chi connectivity index (χ3n) is 4.43. The van der Waals surface area contributed by atoms with E-state index >= 15 is 0 Å². The van der Waals surface area contributed by atoms with E-state index in [0.717, 1.165) is 12.0 Å². The van der Waals surface area contributed by atoms with Crippen molar-refractivity contribution in [3.63, 3.8) is 0 Å². The lowest BCUT2D eigenvalue weighted by Crippen LogP contribution is -2.48. The second-order valence-corrected chi connectivity index (χ2v) is 6.69. The van der Waals surface area contributed by atoms with Gasteiger partial charge in [-0.2, -0.15) is 0 Å². The van der Waals surface area contributed by atoms with Crippen LogP contribution in [0.15, 0.2) is 24.3 Å². The maximum Gasteiger partial charge on any atom is 0.254 e. The number of hydrogen-bond acceptors (Lipinski definition) is 3. The monoisotopic (exact) mass is 332 g/mol. The Balaban J connectivity index is 1.94. The van der Waals surface area contributed by atoms with E-state index in [1.54, 1.807) is 0 Å². The van der Waals surface area contributed by atoms with Crippen molar-refractivity contribution >= 4 is 11.8 Å². The second-order valence-electron chi connectivity index (χ2n) is 6.69. The molecule has 3 atom stereocenters. The van der Waals surface area contributed by atoms with Gasteiger partial charge in [-0.25, -0.2) is 0 Å². The van der Waals surface area contributed by atoms with Crippen molar-refractivity contribution in [1.82, 2.24) is 10.2 Å². The van der Waals surface area contributed by atoms with Crippen LogP contribution in [0.1, 0.15) is 50.0 Å². The van der Waals surface area contributed by atoms with Crippen LogP contribution in [0.5, 0.6) is 0 Å². The number of rotatable bonds is 5. The van der Waals surface area contributed by atoms with Crippen molar-refractivity contribution in [3.8, 4) is 0 Å². The molecule has 1 aliphatic rings. The third kappa shape index (κ3) is 4.81. The fourth-order valence-electron chi connectivity index (χ4n) is 2.84. The fourth-order valence-corrected chi connectivity index (χ4v) is 2.84. The number of hydrogen-bond donors (Lipinski definition) is 1. The van der Waals surface area contributed by atoms with E-state index in [1.807, 2.05) is 56.9 Å². The van der Waals surface area contributed by atoms with Gasteiger partial charge in [-0.15, -0.1) is 0 Å². The minimum Gasteiger partial charge on any atom is -0.372 e. The van der Waals surface area contributed by atoms with E-state index in [1.165, 1.54) is 0 Å². The van der Waals surface area contributed by atoms with Crippen molar-refractivity contribution in [1.29, 1.82) is 0 Å². The van der Waals surface area contributed by atoms with Gasteiger partial charge in [0.05, 0.1) is 12.2 Å². The molecule has 0 saturated carbocycles. The summed E-state index contributed by atoms with van der Waals surface area (Å²) in [5.41, 5.74) is 1.67. The second kappa shape index (κ2) is 8.29. The summed E-state index contributed by atoms with van der Waals surface area (Å²) in [6, 6.07) is 7.46. The molecule has 1 aromatic rings. The first-order chi connectivity index (χ1) is 11.4. The highest BCUT2D eigenvalue weighted by Crippen LogP contribution is 2.15. The van der Waals surface area contributed by atoms with Crippen LogP contribution in [0.2, 0.25) is 0 Å². The molecule has 0 spiro atoms. The van der Waals surface area contributed by atoms with Crippen molar-refractivity contribution in [3.05, 3.63) is 35.4 Å². The molecule has 5 nitrogen and oxygen atoms in total. The summed E-state index contributed by atoms with van der Waals surface area (Å²) < 4.78 is 5.67. The number of morpholine rings is 1. The summed E-state index contributed by atoms with van der Waals surface area (Å²) in [6.07, 6.45) is 0.954. The lowest BCUT2D eigenvalue weighted by molar-refractivity contribution is -0.124. The third-order valence-corrected chi connectivity index (χ3v) is 4.43. The van der Waals surface area contributed by atoms with Crippen LogP contribution in [0.4, 0.5) is 0 Å². The smallest absolute Gasteiger partial charge is 0.254 e. The number of carbonyl (C=O) groups excluding carboxylic acids is 2. The zero-order chi connectivity index (χ0) is 17.7. The van der Waals surface area contributed by atoms with Gasteiger partial charge in [-0.05, 0) is 38.0 Å². The van der Waals surface area contributed by atoms with Crippen LogP contribution < -0.4 is 5.32 Å². The zero-order valence-electron chi connectivity index (χ0n) is 15.0. The first-order valence-corrected chi connectivity index (χ1v) is 8.72. The first-order valence-electron chi connectivity index (χ1n) is 8.72. The first kappa shape index (κ1) is 18.5. The SMILES string of the molecule is CC[C@@H](C)C(=O)NCc1ccc(C(=O)N2C[C@@H](C)O[C@@H](C)C2)cc1. The molecule has 0 aromatic heterocycles. The standard InChI is InChI=1S/C19H28N2O3/c1-5-13(2)18(22)20-10-16-6-8-17(9-7-16)19(23)21-11-14(3)24-15(4)12-21/h6-9,13-15H,5,10-12H2,1-4H3,(H,20,22)/t13-,14-,15+/m1/s1.